The number of fused-ring (bicyclic) bond motifs is 4. The van der Waals surface area contributed by atoms with Gasteiger partial charge in [0.2, 0.25) is 0 Å². The molecule has 6 nitrogen and oxygen atoms in total. The second kappa shape index (κ2) is 20.7. The molecule has 0 spiro atoms. The molecule has 0 saturated carbocycles. The first-order valence-corrected chi connectivity index (χ1v) is 24.5. The van der Waals surface area contributed by atoms with Crippen LogP contribution in [0.25, 0.3) is 83.7 Å². The van der Waals surface area contributed by atoms with E-state index >= 15 is 0 Å². The van der Waals surface area contributed by atoms with Gasteiger partial charge in [-0.15, -0.1) is 48.0 Å². The number of aromatic nitrogens is 5. The summed E-state index contributed by atoms with van der Waals surface area (Å²) in [5, 5.41) is 1.81. The van der Waals surface area contributed by atoms with Crippen molar-refractivity contribution >= 4 is 33.0 Å². The number of hydrogen-bond donors (Lipinski definition) is 0. The van der Waals surface area contributed by atoms with E-state index in [2.05, 4.69) is 69.7 Å². The van der Waals surface area contributed by atoms with Crippen LogP contribution in [0.2, 0.25) is 0 Å². The molecule has 0 N–H and O–H groups in total. The van der Waals surface area contributed by atoms with Crippen molar-refractivity contribution in [3.05, 3.63) is 186 Å². The fraction of sp³-hybridized carbons (Fsp3) is 0.292. The summed E-state index contributed by atoms with van der Waals surface area (Å²) in [7, 11) is 0. The SMILES string of the molecule is CC(C)(C)c1ccc(-c2[c-]cc(F)cc2)nc1.[2H]c1cc(C([2H])([2H])C(C)(C)C)cc([2H])c1-c1cc(C([2H])(C)C)c(-n2c(-c3[c-]ccc4c3oc3cc(-c5ccnc(C(C)(C)C)n5)ccc34)nc3ccccc32)c(C([2H])(C)C)c1.[Ir]. The predicted octanol–water partition coefficient (Wildman–Crippen LogP) is 17.6. The van der Waals surface area contributed by atoms with Gasteiger partial charge in [-0.1, -0.05) is 162 Å². The van der Waals surface area contributed by atoms with Crippen LogP contribution in [0.3, 0.4) is 0 Å². The first-order valence-electron chi connectivity index (χ1n) is 27.5. The summed E-state index contributed by atoms with van der Waals surface area (Å²) in [6, 6.07) is 41.1. The summed E-state index contributed by atoms with van der Waals surface area (Å²) in [4.78, 5) is 19.0. The second-order valence-electron chi connectivity index (χ2n) is 22.0. The van der Waals surface area contributed by atoms with Crippen LogP contribution in [0.1, 0.15) is 138 Å². The van der Waals surface area contributed by atoms with Gasteiger partial charge in [0.15, 0.2) is 0 Å². The van der Waals surface area contributed by atoms with Gasteiger partial charge >= 0.3 is 0 Å². The van der Waals surface area contributed by atoms with E-state index in [0.717, 1.165) is 44.6 Å². The number of pyridine rings is 1. The Morgan fingerprint density at radius 1 is 0.712 bits per heavy atom. The fourth-order valence-corrected chi connectivity index (χ4v) is 8.77. The Morgan fingerprint density at radius 2 is 1.42 bits per heavy atom. The normalized spacial score (nSPS) is 13.8. The summed E-state index contributed by atoms with van der Waals surface area (Å²) in [5.41, 5.74) is 9.79. The standard InChI is InChI=1S/C50H51N4O.C15H15FN.Ir/c1-30(2)39-26-35(33-20-18-32(19-21-33)29-49(5,6)7)27-40(31(3)4)45(39)54-43-17-12-11-16-42(43)52-47(54)38-15-13-14-37-36-23-22-34(28-44(36)55-46(37)38)41-24-25-51-48(53-41)50(8,9)10;1-15(2,3)12-6-9-14(17-10-12)11-4-7-13(16)8-5-11;/h11-14,16-28,30-31H,29H2,1-10H3;4,6-10H,1-3H3;/q2*-1;/i20D,21D,29D2,30D,31D;;. The largest absolute Gasteiger partial charge is 0.501 e. The van der Waals surface area contributed by atoms with E-state index in [1.54, 1.807) is 60.7 Å². The number of rotatable bonds is 8. The summed E-state index contributed by atoms with van der Waals surface area (Å²) >= 11 is 0. The maximum absolute atomic E-state index is 12.8. The number of para-hydroxylation sites is 2. The second-order valence-corrected chi connectivity index (χ2v) is 22.0. The van der Waals surface area contributed by atoms with Crippen molar-refractivity contribution in [3.8, 4) is 50.7 Å². The van der Waals surface area contributed by atoms with Gasteiger partial charge in [-0.2, -0.15) is 0 Å². The first kappa shape index (κ1) is 45.0. The molecule has 0 bridgehead atoms. The number of halogens is 1. The Morgan fingerprint density at radius 3 is 2.04 bits per heavy atom. The van der Waals surface area contributed by atoms with Crippen LogP contribution in [0.4, 0.5) is 4.39 Å². The summed E-state index contributed by atoms with van der Waals surface area (Å²) in [5.74, 6) is -1.47. The zero-order valence-corrected chi connectivity index (χ0v) is 46.4. The van der Waals surface area contributed by atoms with E-state index in [9.17, 15) is 9.87 Å². The van der Waals surface area contributed by atoms with E-state index in [1.807, 2.05) is 89.6 Å². The molecule has 375 valence electrons. The van der Waals surface area contributed by atoms with Crippen molar-refractivity contribution in [2.24, 2.45) is 5.41 Å². The molecule has 4 heterocycles. The Bertz CT molecular complexity index is 3830. The number of nitrogens with zero attached hydrogens (tertiary/aromatic N) is 5. The smallest absolute Gasteiger partial charge is 0.134 e. The molecule has 8 heteroatoms. The molecule has 4 aromatic heterocycles. The minimum absolute atomic E-state index is 0. The molecule has 10 rings (SSSR count). The van der Waals surface area contributed by atoms with E-state index in [1.165, 1.54) is 29.8 Å². The Balaban J connectivity index is 0.000000389. The average molecular weight is 1150 g/mol. The van der Waals surface area contributed by atoms with Gasteiger partial charge in [-0.3, -0.25) is 9.37 Å². The topological polar surface area (TPSA) is 69.6 Å². The molecular formula is C65H66FIrN5O-2. The molecule has 0 aliphatic heterocycles. The Hall–Kier alpha value is -6.60. The third-order valence-electron chi connectivity index (χ3n) is 12.5. The molecule has 73 heavy (non-hydrogen) atoms. The van der Waals surface area contributed by atoms with Gasteiger partial charge in [0.05, 0.1) is 30.9 Å². The van der Waals surface area contributed by atoms with Crippen LogP contribution in [-0.2, 0) is 37.3 Å². The van der Waals surface area contributed by atoms with Crippen molar-refractivity contribution < 1.29 is 37.1 Å². The number of furan rings is 1. The third kappa shape index (κ3) is 11.3. The predicted molar refractivity (Wildman–Crippen MR) is 296 cm³/mol. The quantitative estimate of drug-likeness (QED) is 0.142. The molecule has 0 amide bonds. The zero-order chi connectivity index (χ0) is 56.7. The van der Waals surface area contributed by atoms with Crippen LogP contribution < -0.4 is 0 Å². The van der Waals surface area contributed by atoms with Crippen LogP contribution >= 0.6 is 0 Å². The maximum Gasteiger partial charge on any atom is 0.134 e. The van der Waals surface area contributed by atoms with Crippen LogP contribution in [-0.4, -0.2) is 24.5 Å². The third-order valence-corrected chi connectivity index (χ3v) is 12.5. The van der Waals surface area contributed by atoms with E-state index in [-0.39, 0.29) is 54.4 Å². The van der Waals surface area contributed by atoms with Crippen molar-refractivity contribution in [2.75, 3.05) is 0 Å². The molecule has 0 atom stereocenters. The van der Waals surface area contributed by atoms with Gasteiger partial charge in [0.1, 0.15) is 11.4 Å². The molecule has 0 saturated heterocycles. The first-order chi connectivity index (χ1) is 36.3. The molecule has 6 aromatic carbocycles. The monoisotopic (exact) mass is 1150 g/mol. The summed E-state index contributed by atoms with van der Waals surface area (Å²) in [6.07, 6.45) is 1.86. The molecular weight excluding hydrogens is 1080 g/mol. The molecule has 10 aromatic rings. The number of imidazole rings is 1. The molecule has 0 fully saturated rings. The van der Waals surface area contributed by atoms with Crippen molar-refractivity contribution in [1.82, 2.24) is 24.5 Å². The van der Waals surface area contributed by atoms with Crippen molar-refractivity contribution in [3.63, 3.8) is 0 Å². The maximum atomic E-state index is 12.8. The fourth-order valence-electron chi connectivity index (χ4n) is 8.77. The summed E-state index contributed by atoms with van der Waals surface area (Å²) in [6.45, 7) is 25.3. The Labute approximate surface area is 453 Å². The van der Waals surface area contributed by atoms with E-state index in [0.29, 0.717) is 56.0 Å². The average Bonchev–Trinajstić information content (AvgIpc) is 4.05. The van der Waals surface area contributed by atoms with Gasteiger partial charge in [-0.25, -0.2) is 9.97 Å². The van der Waals surface area contributed by atoms with Crippen molar-refractivity contribution in [1.29, 1.82) is 0 Å². The summed E-state index contributed by atoms with van der Waals surface area (Å²) < 4.78 is 76.9. The molecule has 1 radical (unpaired) electrons. The molecule has 0 unspecified atom stereocenters. The van der Waals surface area contributed by atoms with Gasteiger partial charge < -0.3 is 14.0 Å². The van der Waals surface area contributed by atoms with Gasteiger partial charge in [0.25, 0.3) is 0 Å². The molecule has 0 aliphatic carbocycles. The van der Waals surface area contributed by atoms with E-state index < -0.39 is 23.6 Å². The number of hydrogen-bond acceptors (Lipinski definition) is 5. The Kier molecular flexibility index (Phi) is 12.8. The van der Waals surface area contributed by atoms with Crippen LogP contribution in [0.5, 0.6) is 0 Å². The van der Waals surface area contributed by atoms with Gasteiger partial charge in [0, 0.05) is 65.9 Å². The molecule has 0 aliphatic rings. The van der Waals surface area contributed by atoms with Crippen LogP contribution in [0.15, 0.2) is 144 Å². The van der Waals surface area contributed by atoms with Crippen LogP contribution in [0, 0.1) is 23.4 Å². The van der Waals surface area contributed by atoms with E-state index in [4.69, 9.17) is 17.1 Å². The van der Waals surface area contributed by atoms with Crippen molar-refractivity contribution in [2.45, 2.75) is 119 Å². The van der Waals surface area contributed by atoms with Gasteiger partial charge in [-0.05, 0) is 104 Å². The minimum atomic E-state index is -1.79. The number of benzene rings is 6. The zero-order valence-electron chi connectivity index (χ0n) is 50.0. The minimum Gasteiger partial charge on any atom is -0.501 e.